The summed E-state index contributed by atoms with van der Waals surface area (Å²) in [6, 6.07) is 7.99. The molecule has 6 rings (SSSR count). The number of anilines is 1. The van der Waals surface area contributed by atoms with Gasteiger partial charge in [0, 0.05) is 33.7 Å². The van der Waals surface area contributed by atoms with Crippen LogP contribution in [-0.4, -0.2) is 97.6 Å². The summed E-state index contributed by atoms with van der Waals surface area (Å²) < 4.78 is 15.5. The summed E-state index contributed by atoms with van der Waals surface area (Å²) in [5, 5.41) is 9.76. The minimum Gasteiger partial charge on any atom is -0.384 e. The first-order valence-corrected chi connectivity index (χ1v) is 12.9. The third kappa shape index (κ3) is 3.74. The molecule has 1 aromatic carbocycles. The van der Waals surface area contributed by atoms with Crippen molar-refractivity contribution in [1.29, 1.82) is 0 Å². The Morgan fingerprint density at radius 3 is 2.58 bits per heavy atom. The number of morpholine rings is 1. The highest BCUT2D eigenvalue weighted by Gasteiger charge is 2.51. The van der Waals surface area contributed by atoms with Crippen LogP contribution >= 0.6 is 0 Å². The zero-order chi connectivity index (χ0) is 26.6. The van der Waals surface area contributed by atoms with Crippen LogP contribution in [0.4, 0.5) is 5.82 Å². The Hall–Kier alpha value is -3.61. The van der Waals surface area contributed by atoms with Gasteiger partial charge in [-0.2, -0.15) is 9.97 Å². The van der Waals surface area contributed by atoms with Gasteiger partial charge in [-0.3, -0.25) is 9.36 Å². The van der Waals surface area contributed by atoms with Gasteiger partial charge in [-0.25, -0.2) is 9.97 Å². The zero-order valence-corrected chi connectivity index (χ0v) is 22.1. The molecule has 2 fully saturated rings. The molecule has 38 heavy (non-hydrogen) atoms. The Morgan fingerprint density at radius 2 is 1.89 bits per heavy atom. The third-order valence-corrected chi connectivity index (χ3v) is 7.51. The Labute approximate surface area is 219 Å². The van der Waals surface area contributed by atoms with Gasteiger partial charge in [0.15, 0.2) is 22.6 Å². The number of aliphatic hydroxyl groups excluding tert-OH is 1. The molecule has 2 aliphatic heterocycles. The van der Waals surface area contributed by atoms with Crippen molar-refractivity contribution in [3.8, 4) is 5.95 Å². The number of para-hydroxylation sites is 2. The SMILES string of the molecule is CCc1nc2ccccc2n1-c1nc(N2CCOCC2)c2nc(C3(OC)CN(C(=O)C(C)O)C3)n(C)c2n1. The zero-order valence-electron chi connectivity index (χ0n) is 22.1. The summed E-state index contributed by atoms with van der Waals surface area (Å²) in [7, 11) is 3.53. The van der Waals surface area contributed by atoms with Gasteiger partial charge in [0.2, 0.25) is 5.95 Å². The van der Waals surface area contributed by atoms with E-state index in [1.165, 1.54) is 6.92 Å². The number of nitrogens with zero attached hydrogens (tertiary/aromatic N) is 8. The van der Waals surface area contributed by atoms with Gasteiger partial charge in [0.25, 0.3) is 5.91 Å². The summed E-state index contributed by atoms with van der Waals surface area (Å²) in [5.74, 6) is 2.48. The molecular weight excluding hydrogens is 488 g/mol. The summed E-state index contributed by atoms with van der Waals surface area (Å²) in [4.78, 5) is 36.1. The number of likely N-dealkylation sites (tertiary alicyclic amines) is 1. The molecule has 1 unspecified atom stereocenters. The summed E-state index contributed by atoms with van der Waals surface area (Å²) in [5.41, 5.74) is 2.37. The molecule has 12 heteroatoms. The summed E-state index contributed by atoms with van der Waals surface area (Å²) in [6.45, 7) is 6.72. The van der Waals surface area contributed by atoms with E-state index in [4.69, 9.17) is 29.4 Å². The molecular formula is C26H32N8O4. The van der Waals surface area contributed by atoms with Crippen molar-refractivity contribution >= 4 is 33.9 Å². The number of hydrogen-bond donors (Lipinski definition) is 1. The largest absolute Gasteiger partial charge is 0.384 e. The number of benzene rings is 1. The van der Waals surface area contributed by atoms with E-state index in [2.05, 4.69) is 11.8 Å². The molecule has 1 N–H and O–H groups in total. The number of fused-ring (bicyclic) bond motifs is 2. The van der Waals surface area contributed by atoms with Crippen LogP contribution in [0.15, 0.2) is 24.3 Å². The van der Waals surface area contributed by atoms with E-state index in [1.807, 2.05) is 40.4 Å². The minimum atomic E-state index is -1.07. The number of aromatic nitrogens is 6. The standard InChI is InChI=1S/C26H32N8O4/c1-5-19-27-17-8-6-7-9-18(17)34(19)25-29-21-20(22(30-25)32-10-12-38-13-11-32)28-24(31(21)3)26(37-4)14-33(15-26)23(36)16(2)35/h6-9,16,35H,5,10-15H2,1-4H3. The fourth-order valence-corrected chi connectivity index (χ4v) is 5.43. The second kappa shape index (κ2) is 9.29. The van der Waals surface area contributed by atoms with E-state index < -0.39 is 11.7 Å². The van der Waals surface area contributed by atoms with E-state index >= 15 is 0 Å². The predicted molar refractivity (Wildman–Crippen MR) is 140 cm³/mol. The average Bonchev–Trinajstić information content (AvgIpc) is 3.46. The minimum absolute atomic E-state index is 0.295. The maximum atomic E-state index is 12.4. The van der Waals surface area contributed by atoms with Crippen LogP contribution < -0.4 is 4.90 Å². The fraction of sp³-hybridized carbons (Fsp3) is 0.500. The van der Waals surface area contributed by atoms with Crippen molar-refractivity contribution < 1.29 is 19.4 Å². The number of rotatable bonds is 6. The van der Waals surface area contributed by atoms with Gasteiger partial charge in [-0.05, 0) is 19.1 Å². The van der Waals surface area contributed by atoms with Crippen LogP contribution in [0.1, 0.15) is 25.5 Å². The number of ether oxygens (including phenoxy) is 2. The maximum Gasteiger partial charge on any atom is 0.251 e. The normalized spacial score (nSPS) is 18.2. The maximum absolute atomic E-state index is 12.4. The average molecular weight is 521 g/mol. The summed E-state index contributed by atoms with van der Waals surface area (Å²) in [6.07, 6.45) is -0.344. The Morgan fingerprint density at radius 1 is 1.16 bits per heavy atom. The lowest BCUT2D eigenvalue weighted by Gasteiger charge is -2.48. The highest BCUT2D eigenvalue weighted by molar-refractivity contribution is 5.86. The van der Waals surface area contributed by atoms with Crippen molar-refractivity contribution in [3.05, 3.63) is 35.9 Å². The van der Waals surface area contributed by atoms with Crippen molar-refractivity contribution in [2.45, 2.75) is 32.0 Å². The number of methoxy groups -OCH3 is 1. The molecule has 12 nitrogen and oxygen atoms in total. The van der Waals surface area contributed by atoms with E-state index in [-0.39, 0.29) is 5.91 Å². The van der Waals surface area contributed by atoms with Gasteiger partial charge in [0.05, 0.1) is 37.3 Å². The van der Waals surface area contributed by atoms with Crippen LogP contribution in [0.3, 0.4) is 0 Å². The molecule has 3 aromatic heterocycles. The number of hydrogen-bond acceptors (Lipinski definition) is 9. The number of imidazole rings is 2. The van der Waals surface area contributed by atoms with Crippen LogP contribution in [0.25, 0.3) is 28.1 Å². The molecule has 4 aromatic rings. The molecule has 0 spiro atoms. The Balaban J connectivity index is 1.53. The van der Waals surface area contributed by atoms with Crippen LogP contribution in [0.2, 0.25) is 0 Å². The van der Waals surface area contributed by atoms with Crippen molar-refractivity contribution in [3.63, 3.8) is 0 Å². The van der Waals surface area contributed by atoms with Gasteiger partial charge >= 0.3 is 0 Å². The van der Waals surface area contributed by atoms with Crippen LogP contribution in [-0.2, 0) is 33.3 Å². The molecule has 1 amide bonds. The molecule has 0 radical (unpaired) electrons. The number of amides is 1. The van der Waals surface area contributed by atoms with E-state index in [0.717, 1.165) is 29.1 Å². The lowest BCUT2D eigenvalue weighted by molar-refractivity contribution is -0.173. The quantitative estimate of drug-likeness (QED) is 0.399. The van der Waals surface area contributed by atoms with E-state index in [9.17, 15) is 9.90 Å². The number of carbonyl (C=O) groups excluding carboxylic acids is 1. The molecule has 0 bridgehead atoms. The van der Waals surface area contributed by atoms with Gasteiger partial charge < -0.3 is 28.9 Å². The second-order valence-electron chi connectivity index (χ2n) is 9.89. The topological polar surface area (TPSA) is 124 Å². The number of aryl methyl sites for hydroxylation is 2. The highest BCUT2D eigenvalue weighted by Crippen LogP contribution is 2.38. The number of carbonyl (C=O) groups is 1. The summed E-state index contributed by atoms with van der Waals surface area (Å²) >= 11 is 0. The second-order valence-corrected chi connectivity index (χ2v) is 9.89. The fourth-order valence-electron chi connectivity index (χ4n) is 5.43. The lowest BCUT2D eigenvalue weighted by Crippen LogP contribution is -2.64. The molecule has 2 aliphatic rings. The number of aliphatic hydroxyl groups is 1. The van der Waals surface area contributed by atoms with Gasteiger partial charge in [-0.1, -0.05) is 19.1 Å². The lowest BCUT2D eigenvalue weighted by atomic mass is 9.92. The van der Waals surface area contributed by atoms with E-state index in [1.54, 1.807) is 12.0 Å². The molecule has 200 valence electrons. The van der Waals surface area contributed by atoms with Gasteiger partial charge in [-0.15, -0.1) is 0 Å². The molecule has 5 heterocycles. The predicted octanol–water partition coefficient (Wildman–Crippen LogP) is 1.17. The first kappa shape index (κ1) is 24.7. The van der Waals surface area contributed by atoms with Crippen LogP contribution in [0.5, 0.6) is 0 Å². The van der Waals surface area contributed by atoms with Crippen LogP contribution in [0, 0.1) is 0 Å². The van der Waals surface area contributed by atoms with Crippen molar-refractivity contribution in [2.75, 3.05) is 51.4 Å². The monoisotopic (exact) mass is 520 g/mol. The van der Waals surface area contributed by atoms with Gasteiger partial charge in [0.1, 0.15) is 17.8 Å². The van der Waals surface area contributed by atoms with Crippen molar-refractivity contribution in [1.82, 2.24) is 34.0 Å². The molecule has 2 saturated heterocycles. The molecule has 0 aliphatic carbocycles. The molecule has 0 saturated carbocycles. The first-order chi connectivity index (χ1) is 18.4. The Bertz CT molecular complexity index is 1510. The van der Waals surface area contributed by atoms with E-state index in [0.29, 0.717) is 62.3 Å². The first-order valence-electron chi connectivity index (χ1n) is 12.9. The Kier molecular flexibility index (Phi) is 6.04. The molecule has 1 atom stereocenters. The smallest absolute Gasteiger partial charge is 0.251 e. The van der Waals surface area contributed by atoms with Crippen molar-refractivity contribution in [2.24, 2.45) is 7.05 Å². The highest BCUT2D eigenvalue weighted by atomic mass is 16.5. The third-order valence-electron chi connectivity index (χ3n) is 7.51.